The van der Waals surface area contributed by atoms with E-state index in [9.17, 15) is 4.79 Å². The zero-order chi connectivity index (χ0) is 11.4. The standard InChI is InChI=1S/C12H17NO2/c1-8(2)11(13-3)9-4-6-10(7-5-9)12(14)15/h4-8,11,13H,1-3H3,(H,14,15). The van der Waals surface area contributed by atoms with Gasteiger partial charge >= 0.3 is 5.97 Å². The number of carboxylic acid groups (broad SMARTS) is 1. The number of benzene rings is 1. The van der Waals surface area contributed by atoms with E-state index in [0.717, 1.165) is 5.56 Å². The Labute approximate surface area is 90.1 Å². The summed E-state index contributed by atoms with van der Waals surface area (Å²) >= 11 is 0. The van der Waals surface area contributed by atoms with Gasteiger partial charge in [0, 0.05) is 6.04 Å². The Hall–Kier alpha value is -1.35. The number of carboxylic acids is 1. The molecule has 15 heavy (non-hydrogen) atoms. The van der Waals surface area contributed by atoms with Crippen molar-refractivity contribution in [2.24, 2.45) is 5.92 Å². The fourth-order valence-corrected chi connectivity index (χ4v) is 1.72. The monoisotopic (exact) mass is 207 g/mol. The summed E-state index contributed by atoms with van der Waals surface area (Å²) in [5.41, 5.74) is 1.45. The van der Waals surface area contributed by atoms with Crippen molar-refractivity contribution in [1.29, 1.82) is 0 Å². The van der Waals surface area contributed by atoms with Crippen molar-refractivity contribution in [3.05, 3.63) is 35.4 Å². The normalized spacial score (nSPS) is 12.8. The largest absolute Gasteiger partial charge is 0.478 e. The van der Waals surface area contributed by atoms with Crippen molar-refractivity contribution in [1.82, 2.24) is 5.32 Å². The number of aromatic carboxylic acids is 1. The lowest BCUT2D eigenvalue weighted by atomic mass is 9.95. The van der Waals surface area contributed by atoms with E-state index in [0.29, 0.717) is 11.5 Å². The second-order valence-corrected chi connectivity index (χ2v) is 3.94. The Kier molecular flexibility index (Phi) is 3.86. The summed E-state index contributed by atoms with van der Waals surface area (Å²) in [7, 11) is 1.91. The van der Waals surface area contributed by atoms with E-state index < -0.39 is 5.97 Å². The van der Waals surface area contributed by atoms with Crippen LogP contribution in [-0.4, -0.2) is 18.1 Å². The van der Waals surface area contributed by atoms with E-state index in [1.165, 1.54) is 0 Å². The van der Waals surface area contributed by atoms with Crippen LogP contribution in [0.1, 0.15) is 35.8 Å². The first kappa shape index (κ1) is 11.7. The van der Waals surface area contributed by atoms with Crippen molar-refractivity contribution in [3.8, 4) is 0 Å². The highest BCUT2D eigenvalue weighted by molar-refractivity contribution is 5.87. The van der Waals surface area contributed by atoms with Gasteiger partial charge in [-0.2, -0.15) is 0 Å². The summed E-state index contributed by atoms with van der Waals surface area (Å²) < 4.78 is 0. The van der Waals surface area contributed by atoms with Crippen LogP contribution in [0, 0.1) is 5.92 Å². The van der Waals surface area contributed by atoms with Gasteiger partial charge in [-0.05, 0) is 30.7 Å². The van der Waals surface area contributed by atoms with Crippen molar-refractivity contribution >= 4 is 5.97 Å². The molecule has 1 rings (SSSR count). The Morgan fingerprint density at radius 2 is 1.80 bits per heavy atom. The SMILES string of the molecule is CNC(c1ccc(C(=O)O)cc1)C(C)C. The summed E-state index contributed by atoms with van der Waals surface area (Å²) in [6.45, 7) is 4.26. The quantitative estimate of drug-likeness (QED) is 0.796. The van der Waals surface area contributed by atoms with Gasteiger partial charge in [-0.1, -0.05) is 26.0 Å². The van der Waals surface area contributed by atoms with Gasteiger partial charge < -0.3 is 10.4 Å². The van der Waals surface area contributed by atoms with Gasteiger partial charge in [0.25, 0.3) is 0 Å². The molecule has 0 bridgehead atoms. The van der Waals surface area contributed by atoms with Gasteiger partial charge in [-0.3, -0.25) is 0 Å². The predicted molar refractivity (Wildman–Crippen MR) is 60.0 cm³/mol. The molecule has 0 aromatic heterocycles. The maximum Gasteiger partial charge on any atom is 0.335 e. The highest BCUT2D eigenvalue weighted by Crippen LogP contribution is 2.21. The van der Waals surface area contributed by atoms with E-state index in [-0.39, 0.29) is 6.04 Å². The zero-order valence-electron chi connectivity index (χ0n) is 9.32. The zero-order valence-corrected chi connectivity index (χ0v) is 9.32. The van der Waals surface area contributed by atoms with Crippen molar-refractivity contribution in [2.45, 2.75) is 19.9 Å². The molecule has 2 N–H and O–H groups in total. The average Bonchev–Trinajstić information content (AvgIpc) is 2.19. The Morgan fingerprint density at radius 1 is 1.27 bits per heavy atom. The third kappa shape index (κ3) is 2.80. The molecule has 0 radical (unpaired) electrons. The summed E-state index contributed by atoms with van der Waals surface area (Å²) in [5.74, 6) is -0.405. The maximum absolute atomic E-state index is 10.7. The van der Waals surface area contributed by atoms with E-state index >= 15 is 0 Å². The first-order valence-electron chi connectivity index (χ1n) is 5.06. The molecule has 3 nitrogen and oxygen atoms in total. The topological polar surface area (TPSA) is 49.3 Å². The molecule has 1 aromatic carbocycles. The molecule has 1 aromatic rings. The molecule has 0 spiro atoms. The summed E-state index contributed by atoms with van der Waals surface area (Å²) in [5, 5.41) is 12.0. The van der Waals surface area contributed by atoms with Gasteiger partial charge in [0.1, 0.15) is 0 Å². The minimum Gasteiger partial charge on any atom is -0.478 e. The van der Waals surface area contributed by atoms with Crippen LogP contribution >= 0.6 is 0 Å². The summed E-state index contributed by atoms with van der Waals surface area (Å²) in [4.78, 5) is 10.7. The highest BCUT2D eigenvalue weighted by Gasteiger charge is 2.13. The molecule has 0 aliphatic rings. The van der Waals surface area contributed by atoms with Crippen LogP contribution in [-0.2, 0) is 0 Å². The fraction of sp³-hybridized carbons (Fsp3) is 0.417. The maximum atomic E-state index is 10.7. The molecule has 0 saturated carbocycles. The highest BCUT2D eigenvalue weighted by atomic mass is 16.4. The Balaban J connectivity index is 2.92. The van der Waals surface area contributed by atoms with E-state index in [2.05, 4.69) is 19.2 Å². The summed E-state index contributed by atoms with van der Waals surface area (Å²) in [6.07, 6.45) is 0. The number of hydrogen-bond donors (Lipinski definition) is 2. The lowest BCUT2D eigenvalue weighted by Gasteiger charge is -2.20. The van der Waals surface area contributed by atoms with Crippen LogP contribution in [0.15, 0.2) is 24.3 Å². The van der Waals surface area contributed by atoms with Crippen LogP contribution in [0.4, 0.5) is 0 Å². The minimum atomic E-state index is -0.882. The molecule has 0 aliphatic heterocycles. The fourth-order valence-electron chi connectivity index (χ4n) is 1.72. The van der Waals surface area contributed by atoms with Crippen LogP contribution in [0.25, 0.3) is 0 Å². The van der Waals surface area contributed by atoms with E-state index in [1.54, 1.807) is 12.1 Å². The van der Waals surface area contributed by atoms with Crippen LogP contribution in [0.2, 0.25) is 0 Å². The average molecular weight is 207 g/mol. The second kappa shape index (κ2) is 4.94. The molecule has 0 aliphatic carbocycles. The second-order valence-electron chi connectivity index (χ2n) is 3.94. The first-order chi connectivity index (χ1) is 7.06. The number of hydrogen-bond acceptors (Lipinski definition) is 2. The Morgan fingerprint density at radius 3 is 2.13 bits per heavy atom. The third-order valence-corrected chi connectivity index (χ3v) is 2.49. The Bertz CT molecular complexity index is 330. The molecular weight excluding hydrogens is 190 g/mol. The van der Waals surface area contributed by atoms with E-state index in [1.807, 2.05) is 19.2 Å². The lowest BCUT2D eigenvalue weighted by Crippen LogP contribution is -2.21. The smallest absolute Gasteiger partial charge is 0.335 e. The molecule has 0 fully saturated rings. The van der Waals surface area contributed by atoms with Crippen molar-refractivity contribution < 1.29 is 9.90 Å². The summed E-state index contributed by atoms with van der Waals surface area (Å²) in [6, 6.07) is 7.29. The molecule has 1 unspecified atom stereocenters. The molecule has 1 atom stereocenters. The molecule has 3 heteroatoms. The number of rotatable bonds is 4. The van der Waals surface area contributed by atoms with Crippen LogP contribution < -0.4 is 5.32 Å². The van der Waals surface area contributed by atoms with Crippen molar-refractivity contribution in [3.63, 3.8) is 0 Å². The molecule has 0 saturated heterocycles. The van der Waals surface area contributed by atoms with E-state index in [4.69, 9.17) is 5.11 Å². The van der Waals surface area contributed by atoms with Gasteiger partial charge in [-0.15, -0.1) is 0 Å². The molecular formula is C12H17NO2. The molecule has 0 amide bonds. The number of nitrogens with one attached hydrogen (secondary N) is 1. The van der Waals surface area contributed by atoms with Gasteiger partial charge in [0.05, 0.1) is 5.56 Å². The minimum absolute atomic E-state index is 0.271. The van der Waals surface area contributed by atoms with Gasteiger partial charge in [0.2, 0.25) is 0 Å². The van der Waals surface area contributed by atoms with Crippen molar-refractivity contribution in [2.75, 3.05) is 7.05 Å². The van der Waals surface area contributed by atoms with Gasteiger partial charge in [0.15, 0.2) is 0 Å². The number of carbonyl (C=O) groups is 1. The third-order valence-electron chi connectivity index (χ3n) is 2.49. The first-order valence-corrected chi connectivity index (χ1v) is 5.06. The predicted octanol–water partition coefficient (Wildman–Crippen LogP) is 2.30. The van der Waals surface area contributed by atoms with Crippen LogP contribution in [0.3, 0.4) is 0 Å². The van der Waals surface area contributed by atoms with Gasteiger partial charge in [-0.25, -0.2) is 4.79 Å². The molecule has 82 valence electrons. The van der Waals surface area contributed by atoms with Crippen LogP contribution in [0.5, 0.6) is 0 Å². The lowest BCUT2D eigenvalue weighted by molar-refractivity contribution is 0.0697. The molecule has 0 heterocycles.